The number of alkyl halides is 3. The molecular weight excluding hydrogens is 475 g/mol. The van der Waals surface area contributed by atoms with Gasteiger partial charge < -0.3 is 9.88 Å². The van der Waals surface area contributed by atoms with Gasteiger partial charge in [0.2, 0.25) is 0 Å². The lowest BCUT2D eigenvalue weighted by molar-refractivity contribution is -0.137. The molecule has 0 radical (unpaired) electrons. The molecule has 0 saturated carbocycles. The molecule has 2 aromatic carbocycles. The Bertz CT molecular complexity index is 1510. The summed E-state index contributed by atoms with van der Waals surface area (Å²) < 4.78 is 42.5. The second-order valence-corrected chi connectivity index (χ2v) is 8.71. The molecule has 0 aliphatic heterocycles. The minimum absolute atomic E-state index is 0.00537. The molecule has 5 rings (SSSR count). The third kappa shape index (κ3) is 5.09. The lowest BCUT2D eigenvalue weighted by Crippen LogP contribution is -2.08. The number of nitrogens with one attached hydrogen (secondary N) is 1. The Morgan fingerprint density at radius 1 is 0.811 bits per heavy atom. The molecule has 8 heteroatoms. The number of hydrogen-bond acceptors (Lipinski definition) is 4. The zero-order chi connectivity index (χ0) is 26.0. The fourth-order valence-electron chi connectivity index (χ4n) is 4.34. The van der Waals surface area contributed by atoms with E-state index in [0.717, 1.165) is 28.8 Å². The predicted molar refractivity (Wildman–Crippen MR) is 139 cm³/mol. The average Bonchev–Trinajstić information content (AvgIpc) is 3.26. The largest absolute Gasteiger partial charge is 0.416 e. The van der Waals surface area contributed by atoms with Crippen molar-refractivity contribution in [1.82, 2.24) is 19.5 Å². The average molecular weight is 500 g/mol. The van der Waals surface area contributed by atoms with E-state index in [2.05, 4.69) is 15.3 Å². The molecule has 5 aromatic rings. The number of imidazole rings is 1. The molecular formula is C29H24F3N5. The number of rotatable bonds is 6. The summed E-state index contributed by atoms with van der Waals surface area (Å²) in [6.45, 7) is 2.05. The van der Waals surface area contributed by atoms with E-state index in [1.165, 1.54) is 6.07 Å². The predicted octanol–water partition coefficient (Wildman–Crippen LogP) is 7.40. The van der Waals surface area contributed by atoms with Gasteiger partial charge in [0.15, 0.2) is 0 Å². The third-order valence-corrected chi connectivity index (χ3v) is 6.19. The van der Waals surface area contributed by atoms with Gasteiger partial charge in [0.05, 0.1) is 17.0 Å². The molecule has 1 N–H and O–H groups in total. The maximum absolute atomic E-state index is 13.5. The van der Waals surface area contributed by atoms with Crippen molar-refractivity contribution in [2.45, 2.75) is 19.1 Å². The van der Waals surface area contributed by atoms with E-state index < -0.39 is 11.7 Å². The van der Waals surface area contributed by atoms with Gasteiger partial charge in [-0.25, -0.2) is 9.97 Å². The molecule has 0 saturated heterocycles. The molecule has 186 valence electrons. The van der Waals surface area contributed by atoms with Crippen molar-refractivity contribution >= 4 is 5.82 Å². The maximum Gasteiger partial charge on any atom is 0.416 e. The zero-order valence-corrected chi connectivity index (χ0v) is 20.2. The number of nitrogens with zero attached hydrogens (tertiary/aromatic N) is 4. The first-order chi connectivity index (χ1) is 17.8. The van der Waals surface area contributed by atoms with Gasteiger partial charge in [-0.1, -0.05) is 42.5 Å². The number of halogens is 3. The summed E-state index contributed by atoms with van der Waals surface area (Å²) in [5.41, 5.74) is 3.49. The van der Waals surface area contributed by atoms with Gasteiger partial charge >= 0.3 is 6.18 Å². The zero-order valence-electron chi connectivity index (χ0n) is 20.2. The van der Waals surface area contributed by atoms with Crippen LogP contribution < -0.4 is 5.32 Å². The van der Waals surface area contributed by atoms with E-state index in [4.69, 9.17) is 4.98 Å². The van der Waals surface area contributed by atoms with Crippen LogP contribution >= 0.6 is 0 Å². The second kappa shape index (κ2) is 9.89. The molecule has 0 fully saturated rings. The molecule has 3 heterocycles. The Morgan fingerprint density at radius 3 is 2.27 bits per heavy atom. The summed E-state index contributed by atoms with van der Waals surface area (Å²) >= 11 is 0. The van der Waals surface area contributed by atoms with Crippen molar-refractivity contribution in [2.24, 2.45) is 7.05 Å². The van der Waals surface area contributed by atoms with Crippen molar-refractivity contribution in [3.8, 4) is 33.9 Å². The monoisotopic (exact) mass is 499 g/mol. The molecule has 5 nitrogen and oxygen atoms in total. The van der Waals surface area contributed by atoms with E-state index in [1.807, 2.05) is 73.1 Å². The van der Waals surface area contributed by atoms with E-state index in [1.54, 1.807) is 24.7 Å². The molecule has 0 unspecified atom stereocenters. The van der Waals surface area contributed by atoms with E-state index >= 15 is 0 Å². The van der Waals surface area contributed by atoms with Crippen molar-refractivity contribution in [2.75, 3.05) is 5.32 Å². The first-order valence-corrected chi connectivity index (χ1v) is 11.7. The van der Waals surface area contributed by atoms with E-state index in [-0.39, 0.29) is 6.04 Å². The summed E-state index contributed by atoms with van der Waals surface area (Å²) in [6.07, 6.45) is 0.546. The van der Waals surface area contributed by atoms with Crippen LogP contribution in [-0.2, 0) is 13.2 Å². The van der Waals surface area contributed by atoms with Crippen LogP contribution in [0.4, 0.5) is 19.0 Å². The van der Waals surface area contributed by atoms with Crippen LogP contribution in [0.25, 0.3) is 33.9 Å². The minimum Gasteiger partial charge on any atom is -0.364 e. The first-order valence-electron chi connectivity index (χ1n) is 11.7. The lowest BCUT2D eigenvalue weighted by Gasteiger charge is -2.16. The molecule has 0 bridgehead atoms. The number of anilines is 1. The van der Waals surface area contributed by atoms with Gasteiger partial charge in [-0.05, 0) is 48.9 Å². The summed E-state index contributed by atoms with van der Waals surface area (Å²) in [5.74, 6) is 1.27. The summed E-state index contributed by atoms with van der Waals surface area (Å²) in [7, 11) is 1.86. The van der Waals surface area contributed by atoms with Crippen LogP contribution in [0.5, 0.6) is 0 Å². The Labute approximate surface area is 212 Å². The smallest absolute Gasteiger partial charge is 0.364 e. The van der Waals surface area contributed by atoms with Gasteiger partial charge in [-0.2, -0.15) is 13.2 Å². The van der Waals surface area contributed by atoms with E-state index in [0.29, 0.717) is 28.6 Å². The van der Waals surface area contributed by atoms with Gasteiger partial charge in [0.25, 0.3) is 0 Å². The Kier molecular flexibility index (Phi) is 6.48. The molecule has 0 aliphatic rings. The van der Waals surface area contributed by atoms with Crippen molar-refractivity contribution in [1.29, 1.82) is 0 Å². The molecule has 0 aliphatic carbocycles. The van der Waals surface area contributed by atoms with Gasteiger partial charge in [-0.3, -0.25) is 4.98 Å². The molecule has 0 spiro atoms. The quantitative estimate of drug-likeness (QED) is 0.264. The van der Waals surface area contributed by atoms with Crippen LogP contribution in [0, 0.1) is 0 Å². The van der Waals surface area contributed by atoms with Crippen molar-refractivity contribution in [3.63, 3.8) is 0 Å². The van der Waals surface area contributed by atoms with Crippen molar-refractivity contribution < 1.29 is 13.2 Å². The number of benzene rings is 2. The minimum atomic E-state index is -4.46. The fourth-order valence-corrected chi connectivity index (χ4v) is 4.34. The highest BCUT2D eigenvalue weighted by molar-refractivity contribution is 5.83. The first kappa shape index (κ1) is 24.2. The van der Waals surface area contributed by atoms with Crippen molar-refractivity contribution in [3.05, 3.63) is 109 Å². The second-order valence-electron chi connectivity index (χ2n) is 8.71. The third-order valence-electron chi connectivity index (χ3n) is 6.19. The highest BCUT2D eigenvalue weighted by Crippen LogP contribution is 2.38. The van der Waals surface area contributed by atoms with Crippen LogP contribution in [0.2, 0.25) is 0 Å². The number of pyridine rings is 2. The number of aromatic nitrogens is 4. The van der Waals surface area contributed by atoms with Crippen LogP contribution in [-0.4, -0.2) is 19.5 Å². The topological polar surface area (TPSA) is 55.6 Å². The summed E-state index contributed by atoms with van der Waals surface area (Å²) in [4.78, 5) is 13.4. The molecule has 37 heavy (non-hydrogen) atoms. The maximum atomic E-state index is 13.5. The lowest BCUT2D eigenvalue weighted by atomic mass is 10.0. The van der Waals surface area contributed by atoms with Crippen LogP contribution in [0.3, 0.4) is 0 Å². The summed E-state index contributed by atoms with van der Waals surface area (Å²) in [6, 6.07) is 22.6. The van der Waals surface area contributed by atoms with Crippen LogP contribution in [0.1, 0.15) is 24.1 Å². The highest BCUT2D eigenvalue weighted by Gasteiger charge is 2.31. The normalized spacial score (nSPS) is 12.4. The summed E-state index contributed by atoms with van der Waals surface area (Å²) in [5, 5.41) is 3.42. The Hall–Kier alpha value is -4.46. The Morgan fingerprint density at radius 2 is 1.54 bits per heavy atom. The van der Waals surface area contributed by atoms with E-state index in [9.17, 15) is 13.2 Å². The van der Waals surface area contributed by atoms with Gasteiger partial charge in [0.1, 0.15) is 11.6 Å². The SMILES string of the molecule is C[C@H](Nc1cc(-c2c(-c3cccc(C(F)(F)F)c3)nc(-c3ccncc3)n2C)ccn1)c1ccccc1. The molecule has 3 aromatic heterocycles. The van der Waals surface area contributed by atoms with Gasteiger partial charge in [-0.15, -0.1) is 0 Å². The molecule has 1 atom stereocenters. The van der Waals surface area contributed by atoms with Gasteiger partial charge in [0, 0.05) is 48.4 Å². The molecule has 0 amide bonds. The van der Waals surface area contributed by atoms with Crippen LogP contribution in [0.15, 0.2) is 97.5 Å². The Balaban J connectivity index is 1.62. The number of hydrogen-bond donors (Lipinski definition) is 1. The highest BCUT2D eigenvalue weighted by atomic mass is 19.4. The standard InChI is InChI=1S/C29H24F3N5/c1-19(20-7-4-3-5-8-20)35-25-18-23(13-16-34-25)27-26(22-9-6-10-24(17-22)29(30,31)32)36-28(37(27)2)21-11-14-33-15-12-21/h3-19H,1-2H3,(H,34,35)/t19-/m0/s1. The fraction of sp³-hybridized carbons (Fsp3) is 0.138.